The Bertz CT molecular complexity index is 1050. The summed E-state index contributed by atoms with van der Waals surface area (Å²) in [7, 11) is 0. The van der Waals surface area contributed by atoms with Crippen LogP contribution in [-0.4, -0.2) is 34.2 Å². The predicted molar refractivity (Wildman–Crippen MR) is 116 cm³/mol. The number of nitrogens with one attached hydrogen (secondary N) is 1. The van der Waals surface area contributed by atoms with Crippen molar-refractivity contribution in [3.63, 3.8) is 0 Å². The number of aromatic nitrogens is 3. The largest absolute Gasteiger partial charge is 0.371 e. The van der Waals surface area contributed by atoms with Crippen LogP contribution >= 0.6 is 22.9 Å². The monoisotopic (exact) mass is 417 g/mol. The Hall–Kier alpha value is -2.12. The minimum absolute atomic E-state index is 0.110. The third kappa shape index (κ3) is 4.00. The lowest BCUT2D eigenvalue weighted by Gasteiger charge is -2.21. The van der Waals surface area contributed by atoms with Gasteiger partial charge >= 0.3 is 0 Å². The second kappa shape index (κ2) is 8.09. The number of aryl methyl sites for hydroxylation is 2. The molecule has 1 unspecified atom stereocenters. The van der Waals surface area contributed by atoms with Crippen molar-refractivity contribution in [3.05, 3.63) is 50.9 Å². The zero-order valence-corrected chi connectivity index (χ0v) is 17.7. The van der Waals surface area contributed by atoms with Gasteiger partial charge in [-0.15, -0.1) is 5.10 Å². The molecule has 1 atom stereocenters. The Morgan fingerprint density at radius 1 is 1.36 bits per heavy atom. The minimum Gasteiger partial charge on any atom is -0.371 e. The van der Waals surface area contributed by atoms with E-state index in [0.29, 0.717) is 10.9 Å². The van der Waals surface area contributed by atoms with E-state index in [1.807, 2.05) is 12.1 Å². The van der Waals surface area contributed by atoms with Gasteiger partial charge in [-0.3, -0.25) is 4.79 Å². The van der Waals surface area contributed by atoms with E-state index in [1.165, 1.54) is 27.1 Å². The number of halogens is 1. The first-order valence-corrected chi connectivity index (χ1v) is 10.9. The summed E-state index contributed by atoms with van der Waals surface area (Å²) in [6.45, 7) is 7.04. The highest BCUT2D eigenvalue weighted by Crippen LogP contribution is 2.29. The lowest BCUT2D eigenvalue weighted by atomic mass is 10.1. The summed E-state index contributed by atoms with van der Waals surface area (Å²) >= 11 is 7.61. The van der Waals surface area contributed by atoms with E-state index in [-0.39, 0.29) is 5.56 Å². The van der Waals surface area contributed by atoms with Gasteiger partial charge in [-0.1, -0.05) is 42.3 Å². The van der Waals surface area contributed by atoms with Gasteiger partial charge in [-0.05, 0) is 43.4 Å². The number of hydrogen-bond donors (Lipinski definition) is 1. The van der Waals surface area contributed by atoms with Gasteiger partial charge in [0.25, 0.3) is 5.56 Å². The molecule has 0 bridgehead atoms. The Morgan fingerprint density at radius 2 is 2.21 bits per heavy atom. The van der Waals surface area contributed by atoms with Crippen LogP contribution in [0.25, 0.3) is 4.96 Å². The Kier molecular flexibility index (Phi) is 5.55. The van der Waals surface area contributed by atoms with Crippen molar-refractivity contribution >= 4 is 38.7 Å². The van der Waals surface area contributed by atoms with Crippen molar-refractivity contribution in [2.45, 2.75) is 33.1 Å². The van der Waals surface area contributed by atoms with E-state index in [0.717, 1.165) is 54.7 Å². The lowest BCUT2D eigenvalue weighted by molar-refractivity contribution is 0.621. The molecule has 3 heterocycles. The van der Waals surface area contributed by atoms with Gasteiger partial charge < -0.3 is 10.2 Å². The normalized spacial score (nSPS) is 16.8. The third-order valence-electron chi connectivity index (χ3n) is 5.14. The quantitative estimate of drug-likeness (QED) is 0.656. The van der Waals surface area contributed by atoms with E-state index in [9.17, 15) is 4.79 Å². The fourth-order valence-corrected chi connectivity index (χ4v) is 4.68. The Morgan fingerprint density at radius 3 is 3.04 bits per heavy atom. The van der Waals surface area contributed by atoms with Crippen molar-refractivity contribution in [1.29, 1.82) is 0 Å². The van der Waals surface area contributed by atoms with Crippen LogP contribution in [0.4, 0.5) is 10.8 Å². The standard InChI is InChI=1S/C20H24ClN5OS/c1-3-4-16-10-18(27)26-20(23-16)28-19(24-26)22-11-14-7-8-25(12-14)17-9-15(21)6-5-13(17)2/h5-6,9-10,14H,3-4,7-8,11-12H2,1-2H3,(H,22,24). The number of fused-ring (bicyclic) bond motifs is 1. The molecule has 0 spiro atoms. The second-order valence-corrected chi connectivity index (χ2v) is 8.74. The van der Waals surface area contributed by atoms with Crippen LogP contribution in [0, 0.1) is 12.8 Å². The van der Waals surface area contributed by atoms with Gasteiger partial charge in [0.15, 0.2) is 0 Å². The number of nitrogens with zero attached hydrogens (tertiary/aromatic N) is 4. The van der Waals surface area contributed by atoms with E-state index in [4.69, 9.17) is 11.6 Å². The maximum Gasteiger partial charge on any atom is 0.275 e. The van der Waals surface area contributed by atoms with Crippen molar-refractivity contribution in [1.82, 2.24) is 14.6 Å². The lowest BCUT2D eigenvalue weighted by Crippen LogP contribution is -2.23. The molecule has 4 rings (SSSR count). The summed E-state index contributed by atoms with van der Waals surface area (Å²) < 4.78 is 1.39. The van der Waals surface area contributed by atoms with Crippen molar-refractivity contribution in [2.24, 2.45) is 5.92 Å². The molecule has 1 saturated heterocycles. The second-order valence-electron chi connectivity index (χ2n) is 7.35. The van der Waals surface area contributed by atoms with Gasteiger partial charge in [-0.2, -0.15) is 4.52 Å². The summed E-state index contributed by atoms with van der Waals surface area (Å²) in [6.07, 6.45) is 2.90. The van der Waals surface area contributed by atoms with E-state index >= 15 is 0 Å². The van der Waals surface area contributed by atoms with E-state index in [2.05, 4.69) is 40.2 Å². The molecule has 0 aliphatic carbocycles. The molecule has 8 heteroatoms. The predicted octanol–water partition coefficient (Wildman–Crippen LogP) is 4.00. The number of rotatable bonds is 6. The molecular formula is C20H24ClN5OS. The first kappa shape index (κ1) is 19.2. The molecule has 3 aromatic rings. The van der Waals surface area contributed by atoms with Crippen molar-refractivity contribution in [2.75, 3.05) is 29.9 Å². The van der Waals surface area contributed by atoms with Crippen LogP contribution in [0.3, 0.4) is 0 Å². The minimum atomic E-state index is -0.110. The van der Waals surface area contributed by atoms with Gasteiger partial charge in [-0.25, -0.2) is 4.98 Å². The van der Waals surface area contributed by atoms with E-state index in [1.54, 1.807) is 6.07 Å². The molecule has 0 saturated carbocycles. The van der Waals surface area contributed by atoms with Gasteiger partial charge in [0.1, 0.15) is 0 Å². The summed E-state index contributed by atoms with van der Waals surface area (Å²) in [5.74, 6) is 0.519. The van der Waals surface area contributed by atoms with Crippen LogP contribution in [0.5, 0.6) is 0 Å². The zero-order valence-electron chi connectivity index (χ0n) is 16.1. The fourth-order valence-electron chi connectivity index (χ4n) is 3.68. The summed E-state index contributed by atoms with van der Waals surface area (Å²) in [5.41, 5.74) is 3.19. The van der Waals surface area contributed by atoms with Gasteiger partial charge in [0, 0.05) is 42.1 Å². The molecule has 0 radical (unpaired) electrons. The summed E-state index contributed by atoms with van der Waals surface area (Å²) in [4.78, 5) is 19.8. The Balaban J connectivity index is 1.42. The zero-order chi connectivity index (χ0) is 19.7. The maximum absolute atomic E-state index is 12.2. The molecule has 28 heavy (non-hydrogen) atoms. The van der Waals surface area contributed by atoms with Gasteiger partial charge in [0.05, 0.1) is 0 Å². The molecule has 1 aliphatic heterocycles. The smallest absolute Gasteiger partial charge is 0.275 e. The first-order valence-electron chi connectivity index (χ1n) is 9.68. The highest BCUT2D eigenvalue weighted by atomic mass is 35.5. The van der Waals surface area contributed by atoms with E-state index < -0.39 is 0 Å². The SMILES string of the molecule is CCCc1cc(=O)n2nc(NCC3CCN(c4cc(Cl)ccc4C)C3)sc2n1. The molecule has 2 aromatic heterocycles. The van der Waals surface area contributed by atoms with Crippen LogP contribution < -0.4 is 15.8 Å². The average molecular weight is 418 g/mol. The molecule has 6 nitrogen and oxygen atoms in total. The van der Waals surface area contributed by atoms with Crippen LogP contribution in [-0.2, 0) is 6.42 Å². The molecule has 1 fully saturated rings. The van der Waals surface area contributed by atoms with Crippen LogP contribution in [0.1, 0.15) is 31.0 Å². The highest BCUT2D eigenvalue weighted by molar-refractivity contribution is 7.20. The Labute approximate surface area is 173 Å². The van der Waals surface area contributed by atoms with Crippen LogP contribution in [0.15, 0.2) is 29.1 Å². The van der Waals surface area contributed by atoms with Crippen molar-refractivity contribution in [3.8, 4) is 0 Å². The van der Waals surface area contributed by atoms with Crippen LogP contribution in [0.2, 0.25) is 5.02 Å². The number of hydrogen-bond acceptors (Lipinski definition) is 6. The molecule has 148 valence electrons. The maximum atomic E-state index is 12.2. The third-order valence-corrected chi connectivity index (χ3v) is 6.25. The highest BCUT2D eigenvalue weighted by Gasteiger charge is 2.24. The molecule has 1 N–H and O–H groups in total. The summed E-state index contributed by atoms with van der Waals surface area (Å²) in [6, 6.07) is 7.64. The summed E-state index contributed by atoms with van der Waals surface area (Å²) in [5, 5.41) is 9.32. The fraction of sp³-hybridized carbons (Fsp3) is 0.450. The molecule has 1 aromatic carbocycles. The first-order chi connectivity index (χ1) is 13.5. The number of benzene rings is 1. The van der Waals surface area contributed by atoms with Gasteiger partial charge in [0.2, 0.25) is 10.1 Å². The topological polar surface area (TPSA) is 62.5 Å². The molecule has 0 amide bonds. The molecule has 1 aliphatic rings. The number of anilines is 2. The molecular weight excluding hydrogens is 394 g/mol. The average Bonchev–Trinajstić information content (AvgIpc) is 3.29. The van der Waals surface area contributed by atoms with Crippen molar-refractivity contribution < 1.29 is 0 Å².